The monoisotopic (exact) mass is 171 g/mol. The third-order valence-electron chi connectivity index (χ3n) is 3.14. The lowest BCUT2D eigenvalue weighted by Gasteiger charge is -2.13. The van der Waals surface area contributed by atoms with Gasteiger partial charge in [-0.05, 0) is 5.92 Å². The van der Waals surface area contributed by atoms with Crippen molar-refractivity contribution in [3.63, 3.8) is 0 Å². The zero-order chi connectivity index (χ0) is 9.19. The van der Waals surface area contributed by atoms with E-state index in [0.29, 0.717) is 6.17 Å². The number of hydrogen-bond donors (Lipinski definition) is 1. The molecular weight excluding hydrogens is 148 g/mol. The van der Waals surface area contributed by atoms with Gasteiger partial charge in [-0.15, -0.1) is 5.43 Å². The van der Waals surface area contributed by atoms with E-state index in [1.807, 2.05) is 0 Å². The van der Waals surface area contributed by atoms with Gasteiger partial charge in [-0.3, -0.25) is 0 Å². The Kier molecular flexibility index (Phi) is 3.13. The maximum atomic E-state index is 3.44. The fourth-order valence-corrected chi connectivity index (χ4v) is 1.78. The van der Waals surface area contributed by atoms with E-state index >= 15 is 0 Å². The molecule has 0 aromatic rings. The molecule has 1 heterocycles. The van der Waals surface area contributed by atoms with Crippen LogP contribution < -0.4 is 5.43 Å². The second kappa shape index (κ2) is 3.75. The quantitative estimate of drug-likeness (QED) is 0.497. The molecule has 1 N–H and O–H groups in total. The van der Waals surface area contributed by atoms with E-state index in [4.69, 9.17) is 0 Å². The van der Waals surface area contributed by atoms with Crippen LogP contribution in [0.3, 0.4) is 0 Å². The summed E-state index contributed by atoms with van der Waals surface area (Å²) < 4.78 is 1.09. The van der Waals surface area contributed by atoms with Gasteiger partial charge in [-0.2, -0.15) is 0 Å². The van der Waals surface area contributed by atoms with Crippen molar-refractivity contribution in [2.24, 2.45) is 5.92 Å². The van der Waals surface area contributed by atoms with Gasteiger partial charge < -0.3 is 0 Å². The summed E-state index contributed by atoms with van der Waals surface area (Å²) in [4.78, 5) is 0. The van der Waals surface area contributed by atoms with Crippen molar-refractivity contribution in [1.82, 2.24) is 5.43 Å². The molecule has 3 atom stereocenters. The van der Waals surface area contributed by atoms with Crippen LogP contribution in [0.1, 0.15) is 40.0 Å². The Bertz CT molecular complexity index is 147. The average Bonchev–Trinajstić information content (AvgIpc) is 2.58. The molecule has 0 saturated carbocycles. The molecule has 1 saturated heterocycles. The highest BCUT2D eigenvalue weighted by Gasteiger charge is 2.46. The van der Waals surface area contributed by atoms with Gasteiger partial charge in [0.05, 0.1) is 13.6 Å². The number of hydrogen-bond acceptors (Lipinski definition) is 1. The van der Waals surface area contributed by atoms with E-state index in [2.05, 4.69) is 33.2 Å². The van der Waals surface area contributed by atoms with Crippen LogP contribution in [0.2, 0.25) is 0 Å². The molecule has 0 aromatic carbocycles. The molecule has 2 unspecified atom stereocenters. The average molecular weight is 171 g/mol. The second-order valence-corrected chi connectivity index (χ2v) is 4.48. The van der Waals surface area contributed by atoms with Crippen LogP contribution in [0.5, 0.6) is 0 Å². The summed E-state index contributed by atoms with van der Waals surface area (Å²) in [6.45, 7) is 8.18. The summed E-state index contributed by atoms with van der Waals surface area (Å²) in [5, 5.41) is 0. The van der Waals surface area contributed by atoms with Crippen molar-refractivity contribution < 1.29 is 4.59 Å². The fraction of sp³-hybridized carbons (Fsp3) is 1.00. The SMILES string of the molecule is CCCC(C)CC[N+]1(C)N[C@H]1C. The first-order valence-electron chi connectivity index (χ1n) is 5.21. The predicted octanol–water partition coefficient (Wildman–Crippen LogP) is 2.12. The standard InChI is InChI=1S/C10H23N2/c1-5-6-9(2)7-8-12(4)10(3)11-12/h9-11H,5-8H2,1-4H3/q+1/t9?,10-,12?/m1/s1. The Morgan fingerprint density at radius 2 is 2.00 bits per heavy atom. The highest BCUT2D eigenvalue weighted by Crippen LogP contribution is 2.22. The van der Waals surface area contributed by atoms with Crippen LogP contribution in [0, 0.1) is 5.92 Å². The van der Waals surface area contributed by atoms with E-state index in [0.717, 1.165) is 10.5 Å². The van der Waals surface area contributed by atoms with Crippen LogP contribution in [0.25, 0.3) is 0 Å². The zero-order valence-corrected chi connectivity index (χ0v) is 8.93. The summed E-state index contributed by atoms with van der Waals surface area (Å²) in [5.74, 6) is 0.902. The van der Waals surface area contributed by atoms with Crippen molar-refractivity contribution in [2.45, 2.75) is 46.2 Å². The lowest BCUT2D eigenvalue weighted by molar-refractivity contribution is -0.816. The maximum absolute atomic E-state index is 3.44. The summed E-state index contributed by atoms with van der Waals surface area (Å²) >= 11 is 0. The van der Waals surface area contributed by atoms with E-state index in [-0.39, 0.29) is 0 Å². The van der Waals surface area contributed by atoms with Gasteiger partial charge >= 0.3 is 0 Å². The summed E-state index contributed by atoms with van der Waals surface area (Å²) in [6.07, 6.45) is 4.77. The van der Waals surface area contributed by atoms with Crippen molar-refractivity contribution in [2.75, 3.05) is 13.6 Å². The van der Waals surface area contributed by atoms with E-state index in [1.54, 1.807) is 0 Å². The molecule has 2 heteroatoms. The molecule has 1 rings (SSSR count). The lowest BCUT2D eigenvalue weighted by atomic mass is 10.0. The van der Waals surface area contributed by atoms with Crippen LogP contribution in [-0.4, -0.2) is 24.4 Å². The minimum absolute atomic E-state index is 0.693. The molecule has 1 aliphatic heterocycles. The summed E-state index contributed by atoms with van der Waals surface area (Å²) in [7, 11) is 2.28. The Labute approximate surface area is 76.5 Å². The van der Waals surface area contributed by atoms with Crippen molar-refractivity contribution >= 4 is 0 Å². The molecule has 0 amide bonds. The molecule has 12 heavy (non-hydrogen) atoms. The Balaban J connectivity index is 2.09. The topological polar surface area (TPSA) is 21.9 Å². The van der Waals surface area contributed by atoms with Gasteiger partial charge in [0.25, 0.3) is 0 Å². The van der Waals surface area contributed by atoms with Gasteiger partial charge in [-0.25, -0.2) is 4.59 Å². The molecule has 0 spiro atoms. The predicted molar refractivity (Wildman–Crippen MR) is 52.3 cm³/mol. The highest BCUT2D eigenvalue weighted by molar-refractivity contribution is 4.58. The van der Waals surface area contributed by atoms with Crippen molar-refractivity contribution in [3.05, 3.63) is 0 Å². The van der Waals surface area contributed by atoms with Crippen molar-refractivity contribution in [3.8, 4) is 0 Å². The van der Waals surface area contributed by atoms with Gasteiger partial charge in [0.15, 0.2) is 6.17 Å². The van der Waals surface area contributed by atoms with Crippen LogP contribution in [-0.2, 0) is 0 Å². The molecule has 1 aliphatic rings. The van der Waals surface area contributed by atoms with Gasteiger partial charge in [0.2, 0.25) is 0 Å². The van der Waals surface area contributed by atoms with E-state index in [1.165, 1.54) is 25.8 Å². The maximum Gasteiger partial charge on any atom is 0.199 e. The lowest BCUT2D eigenvalue weighted by Crippen LogP contribution is -2.27. The van der Waals surface area contributed by atoms with Gasteiger partial charge in [-0.1, -0.05) is 26.7 Å². The molecule has 0 aliphatic carbocycles. The minimum atomic E-state index is 0.693. The van der Waals surface area contributed by atoms with E-state index in [9.17, 15) is 0 Å². The van der Waals surface area contributed by atoms with E-state index < -0.39 is 0 Å². The third-order valence-corrected chi connectivity index (χ3v) is 3.14. The molecule has 72 valence electrons. The number of nitrogens with zero attached hydrogens (tertiary/aromatic N) is 1. The highest BCUT2D eigenvalue weighted by atomic mass is 15.9. The molecule has 1 fully saturated rings. The van der Waals surface area contributed by atoms with Crippen LogP contribution in [0.15, 0.2) is 0 Å². The third kappa shape index (κ3) is 2.46. The number of quaternary nitrogens is 1. The molecule has 0 radical (unpaired) electrons. The van der Waals surface area contributed by atoms with Crippen molar-refractivity contribution in [1.29, 1.82) is 0 Å². The first-order chi connectivity index (χ1) is 5.58. The van der Waals surface area contributed by atoms with Crippen LogP contribution in [0.4, 0.5) is 0 Å². The normalized spacial score (nSPS) is 36.5. The zero-order valence-electron chi connectivity index (χ0n) is 8.93. The largest absolute Gasteiger partial charge is 0.225 e. The summed E-state index contributed by atoms with van der Waals surface area (Å²) in [6, 6.07) is 0. The smallest absolute Gasteiger partial charge is 0.199 e. The Hall–Kier alpha value is -0.0800. The molecule has 2 nitrogen and oxygen atoms in total. The second-order valence-electron chi connectivity index (χ2n) is 4.48. The van der Waals surface area contributed by atoms with Crippen LogP contribution >= 0.6 is 0 Å². The fourth-order valence-electron chi connectivity index (χ4n) is 1.78. The molecule has 0 bridgehead atoms. The molecular formula is C10H23N2+. The first-order valence-corrected chi connectivity index (χ1v) is 5.21. The first kappa shape index (κ1) is 10.0. The van der Waals surface area contributed by atoms with Gasteiger partial charge in [0.1, 0.15) is 0 Å². The Morgan fingerprint density at radius 3 is 2.42 bits per heavy atom. The molecule has 0 aromatic heterocycles. The summed E-state index contributed by atoms with van der Waals surface area (Å²) in [5.41, 5.74) is 3.44. The number of rotatable bonds is 5. The minimum Gasteiger partial charge on any atom is -0.225 e. The number of nitrogens with one attached hydrogen (secondary N) is 1. The van der Waals surface area contributed by atoms with Gasteiger partial charge in [0, 0.05) is 13.3 Å². The Morgan fingerprint density at radius 1 is 1.42 bits per heavy atom.